The minimum absolute atomic E-state index is 0.287. The number of nitrogens with zero attached hydrogens (tertiary/aromatic N) is 1. The fourth-order valence-corrected chi connectivity index (χ4v) is 2.59. The molecule has 0 saturated carbocycles. The Kier molecular flexibility index (Phi) is 3.28. The van der Waals surface area contributed by atoms with Crippen LogP contribution in [0.2, 0.25) is 0 Å². The van der Waals surface area contributed by atoms with E-state index in [2.05, 4.69) is 17.0 Å². The molecule has 1 aromatic rings. The number of rotatable bonds is 1. The molecule has 2 N–H and O–H groups in total. The van der Waals surface area contributed by atoms with Crippen molar-refractivity contribution in [3.63, 3.8) is 0 Å². The number of anilines is 1. The van der Waals surface area contributed by atoms with Crippen LogP contribution in [-0.2, 0) is 0 Å². The lowest BCUT2D eigenvalue weighted by molar-refractivity contribution is 0.297. The Labute approximate surface area is 108 Å². The summed E-state index contributed by atoms with van der Waals surface area (Å²) >= 11 is 0. The van der Waals surface area contributed by atoms with E-state index < -0.39 is 0 Å². The van der Waals surface area contributed by atoms with Crippen LogP contribution in [0, 0.1) is 0 Å². The van der Waals surface area contributed by atoms with Crippen LogP contribution in [0.4, 0.5) is 5.69 Å². The van der Waals surface area contributed by atoms with E-state index in [9.17, 15) is 0 Å². The van der Waals surface area contributed by atoms with Gasteiger partial charge in [0.15, 0.2) is 11.5 Å². The Bertz CT molecular complexity index is 422. The summed E-state index contributed by atoms with van der Waals surface area (Å²) in [7, 11) is 0. The van der Waals surface area contributed by atoms with Gasteiger partial charge >= 0.3 is 0 Å². The average molecular weight is 248 g/mol. The molecule has 0 amide bonds. The summed E-state index contributed by atoms with van der Waals surface area (Å²) in [6, 6.07) is 6.48. The quantitative estimate of drug-likeness (QED) is 0.823. The third-order valence-corrected chi connectivity index (χ3v) is 3.55. The zero-order valence-electron chi connectivity index (χ0n) is 10.6. The molecule has 2 aliphatic heterocycles. The van der Waals surface area contributed by atoms with E-state index in [1.54, 1.807) is 0 Å². The number of hydrogen-bond acceptors (Lipinski definition) is 4. The summed E-state index contributed by atoms with van der Waals surface area (Å²) in [4.78, 5) is 2.34. The van der Waals surface area contributed by atoms with Crippen molar-refractivity contribution >= 4 is 5.69 Å². The van der Waals surface area contributed by atoms with Crippen molar-refractivity contribution in [3.05, 3.63) is 18.2 Å². The van der Waals surface area contributed by atoms with E-state index in [-0.39, 0.29) is 6.04 Å². The molecule has 1 unspecified atom stereocenters. The molecule has 3 rings (SSSR count). The zero-order chi connectivity index (χ0) is 12.4. The Balaban J connectivity index is 1.82. The van der Waals surface area contributed by atoms with Gasteiger partial charge in [0.2, 0.25) is 0 Å². The molecule has 4 heteroatoms. The molecule has 98 valence electrons. The second kappa shape index (κ2) is 5.06. The molecular formula is C14H20N2O2. The Hall–Kier alpha value is -1.42. The van der Waals surface area contributed by atoms with Crippen molar-refractivity contribution in [3.8, 4) is 11.5 Å². The number of piperidine rings is 1. The minimum Gasteiger partial charge on any atom is -0.490 e. The number of benzene rings is 1. The predicted molar refractivity (Wildman–Crippen MR) is 71.5 cm³/mol. The monoisotopic (exact) mass is 248 g/mol. The summed E-state index contributed by atoms with van der Waals surface area (Å²) in [6.45, 7) is 3.48. The fourth-order valence-electron chi connectivity index (χ4n) is 2.59. The van der Waals surface area contributed by atoms with Gasteiger partial charge in [0.25, 0.3) is 0 Å². The number of ether oxygens (including phenoxy) is 2. The van der Waals surface area contributed by atoms with Crippen molar-refractivity contribution in [2.75, 3.05) is 31.2 Å². The highest BCUT2D eigenvalue weighted by atomic mass is 16.5. The Morgan fingerprint density at radius 3 is 2.78 bits per heavy atom. The first-order valence-electron chi connectivity index (χ1n) is 6.73. The third-order valence-electron chi connectivity index (χ3n) is 3.55. The molecule has 0 radical (unpaired) electrons. The lowest BCUT2D eigenvalue weighted by Crippen LogP contribution is -2.42. The lowest BCUT2D eigenvalue weighted by atomic mass is 10.1. The zero-order valence-corrected chi connectivity index (χ0v) is 10.6. The van der Waals surface area contributed by atoms with Crippen molar-refractivity contribution in [1.29, 1.82) is 0 Å². The van der Waals surface area contributed by atoms with E-state index in [1.807, 2.05) is 6.07 Å². The maximum atomic E-state index is 6.03. The van der Waals surface area contributed by atoms with Crippen LogP contribution in [0.1, 0.15) is 19.3 Å². The summed E-state index contributed by atoms with van der Waals surface area (Å²) < 4.78 is 11.4. The van der Waals surface area contributed by atoms with Crippen LogP contribution in [0.3, 0.4) is 0 Å². The maximum Gasteiger partial charge on any atom is 0.163 e. The molecule has 0 bridgehead atoms. The van der Waals surface area contributed by atoms with Crippen LogP contribution < -0.4 is 20.1 Å². The molecule has 2 aliphatic rings. The number of nitrogens with two attached hydrogens (primary N) is 1. The molecule has 1 aromatic carbocycles. The smallest absolute Gasteiger partial charge is 0.163 e. The van der Waals surface area contributed by atoms with Gasteiger partial charge in [-0.3, -0.25) is 0 Å². The third kappa shape index (κ3) is 2.38. The molecule has 0 spiro atoms. The van der Waals surface area contributed by atoms with Crippen molar-refractivity contribution in [1.82, 2.24) is 0 Å². The van der Waals surface area contributed by atoms with Gasteiger partial charge in [0.05, 0.1) is 13.2 Å². The highest BCUT2D eigenvalue weighted by molar-refractivity contribution is 5.57. The first-order chi connectivity index (χ1) is 8.83. The molecular weight excluding hydrogens is 228 g/mol. The summed E-state index contributed by atoms with van der Waals surface area (Å²) in [5, 5.41) is 0. The van der Waals surface area contributed by atoms with Crippen LogP contribution in [-0.4, -0.2) is 32.3 Å². The van der Waals surface area contributed by atoms with E-state index in [0.29, 0.717) is 0 Å². The molecule has 0 aliphatic carbocycles. The van der Waals surface area contributed by atoms with E-state index >= 15 is 0 Å². The highest BCUT2D eigenvalue weighted by Crippen LogP contribution is 2.34. The van der Waals surface area contributed by atoms with Gasteiger partial charge in [-0.2, -0.15) is 0 Å². The molecule has 4 nitrogen and oxygen atoms in total. The second-order valence-electron chi connectivity index (χ2n) is 5.03. The summed E-state index contributed by atoms with van der Waals surface area (Å²) in [5.41, 5.74) is 7.22. The fraction of sp³-hybridized carbons (Fsp3) is 0.571. The molecule has 0 aromatic heterocycles. The SMILES string of the molecule is NC1CCCN(c2ccc3c(c2)OCCCO3)C1. The lowest BCUT2D eigenvalue weighted by Gasteiger charge is -2.32. The van der Waals surface area contributed by atoms with E-state index in [1.165, 1.54) is 5.69 Å². The van der Waals surface area contributed by atoms with Crippen LogP contribution in [0.25, 0.3) is 0 Å². The molecule has 1 fully saturated rings. The van der Waals surface area contributed by atoms with Crippen LogP contribution in [0.15, 0.2) is 18.2 Å². The van der Waals surface area contributed by atoms with Crippen LogP contribution >= 0.6 is 0 Å². The number of hydrogen-bond donors (Lipinski definition) is 1. The molecule has 1 saturated heterocycles. The maximum absolute atomic E-state index is 6.03. The molecule has 1 atom stereocenters. The van der Waals surface area contributed by atoms with Gasteiger partial charge < -0.3 is 20.1 Å². The van der Waals surface area contributed by atoms with Gasteiger partial charge in [0, 0.05) is 37.3 Å². The van der Waals surface area contributed by atoms with Gasteiger partial charge in [-0.1, -0.05) is 0 Å². The van der Waals surface area contributed by atoms with Crippen molar-refractivity contribution < 1.29 is 9.47 Å². The molecule has 2 heterocycles. The molecule has 18 heavy (non-hydrogen) atoms. The average Bonchev–Trinajstić information content (AvgIpc) is 2.63. The van der Waals surface area contributed by atoms with Gasteiger partial charge in [0.1, 0.15) is 0 Å². The summed E-state index contributed by atoms with van der Waals surface area (Å²) in [6.07, 6.45) is 3.23. The largest absolute Gasteiger partial charge is 0.490 e. The minimum atomic E-state index is 0.287. The van der Waals surface area contributed by atoms with E-state index in [4.69, 9.17) is 15.2 Å². The van der Waals surface area contributed by atoms with Gasteiger partial charge in [-0.15, -0.1) is 0 Å². The normalized spacial score (nSPS) is 23.6. The Morgan fingerprint density at radius 2 is 1.94 bits per heavy atom. The topological polar surface area (TPSA) is 47.7 Å². The highest BCUT2D eigenvalue weighted by Gasteiger charge is 2.19. The summed E-state index contributed by atoms with van der Waals surface area (Å²) in [5.74, 6) is 1.72. The van der Waals surface area contributed by atoms with Gasteiger partial charge in [-0.05, 0) is 25.0 Å². The van der Waals surface area contributed by atoms with Crippen molar-refractivity contribution in [2.24, 2.45) is 5.73 Å². The van der Waals surface area contributed by atoms with Gasteiger partial charge in [-0.25, -0.2) is 0 Å². The first-order valence-corrected chi connectivity index (χ1v) is 6.73. The van der Waals surface area contributed by atoms with Crippen molar-refractivity contribution in [2.45, 2.75) is 25.3 Å². The Morgan fingerprint density at radius 1 is 1.11 bits per heavy atom. The standard InChI is InChI=1S/C14H20N2O2/c15-11-3-1-6-16(10-11)12-4-5-13-14(9-12)18-8-2-7-17-13/h4-5,9,11H,1-3,6-8,10,15H2. The first kappa shape index (κ1) is 11.7. The number of fused-ring (bicyclic) bond motifs is 1. The predicted octanol–water partition coefficient (Wildman–Crippen LogP) is 1.78. The van der Waals surface area contributed by atoms with E-state index in [0.717, 1.165) is 57.1 Å². The van der Waals surface area contributed by atoms with Crippen LogP contribution in [0.5, 0.6) is 11.5 Å². The second-order valence-corrected chi connectivity index (χ2v) is 5.03.